The maximum atomic E-state index is 12.8. The summed E-state index contributed by atoms with van der Waals surface area (Å²) in [6.45, 7) is 1.61. The number of anilines is 1. The van der Waals surface area contributed by atoms with Gasteiger partial charge in [0.2, 0.25) is 5.91 Å². The van der Waals surface area contributed by atoms with Crippen molar-refractivity contribution in [2.24, 2.45) is 5.73 Å². The van der Waals surface area contributed by atoms with Crippen molar-refractivity contribution in [1.29, 1.82) is 0 Å². The van der Waals surface area contributed by atoms with Gasteiger partial charge in [0.15, 0.2) is 0 Å². The molecule has 7 nitrogen and oxygen atoms in total. The Morgan fingerprint density at radius 3 is 2.81 bits per heavy atom. The second-order valence-corrected chi connectivity index (χ2v) is 8.58. The molecule has 0 unspecified atom stereocenters. The van der Waals surface area contributed by atoms with Gasteiger partial charge < -0.3 is 11.1 Å². The predicted molar refractivity (Wildman–Crippen MR) is 115 cm³/mol. The van der Waals surface area contributed by atoms with Crippen LogP contribution in [0, 0.1) is 6.92 Å². The smallest absolute Gasteiger partial charge is 0.327 e. The molecule has 0 saturated heterocycles. The van der Waals surface area contributed by atoms with E-state index in [9.17, 15) is 18.4 Å². The number of aromatic nitrogens is 3. The minimum absolute atomic E-state index is 0.0380. The van der Waals surface area contributed by atoms with E-state index < -0.39 is 11.8 Å². The second-order valence-electron chi connectivity index (χ2n) is 7.41. The van der Waals surface area contributed by atoms with Crippen molar-refractivity contribution in [3.8, 4) is 10.4 Å². The van der Waals surface area contributed by atoms with Gasteiger partial charge in [-0.25, -0.2) is 9.48 Å². The molecular formula is C21H21F2N5O2S. The molecule has 1 aliphatic rings. The summed E-state index contributed by atoms with van der Waals surface area (Å²) in [5.74, 6) is 0.0380. The van der Waals surface area contributed by atoms with E-state index in [1.54, 1.807) is 11.3 Å². The van der Waals surface area contributed by atoms with E-state index in [0.29, 0.717) is 19.4 Å². The third-order valence-corrected chi connectivity index (χ3v) is 6.35. The number of fused-ring (bicyclic) bond motifs is 1. The Balaban J connectivity index is 1.55. The zero-order valence-electron chi connectivity index (χ0n) is 16.8. The van der Waals surface area contributed by atoms with Gasteiger partial charge >= 0.3 is 5.69 Å². The summed E-state index contributed by atoms with van der Waals surface area (Å²) in [7, 11) is 0. The normalized spacial score (nSPS) is 13.1. The van der Waals surface area contributed by atoms with Crippen LogP contribution in [0.5, 0.6) is 0 Å². The fraction of sp³-hybridized carbons (Fsp3) is 0.286. The number of carbonyl (C=O) groups is 1. The van der Waals surface area contributed by atoms with E-state index in [2.05, 4.69) is 16.5 Å². The van der Waals surface area contributed by atoms with Gasteiger partial charge in [0.05, 0.1) is 13.1 Å². The van der Waals surface area contributed by atoms with E-state index in [-0.39, 0.29) is 24.6 Å². The summed E-state index contributed by atoms with van der Waals surface area (Å²) in [5.41, 5.74) is 8.61. The van der Waals surface area contributed by atoms with Crippen LogP contribution in [-0.2, 0) is 24.3 Å². The molecule has 0 atom stereocenters. The van der Waals surface area contributed by atoms with Crippen LogP contribution in [0.1, 0.15) is 22.4 Å². The fourth-order valence-electron chi connectivity index (χ4n) is 3.59. The third kappa shape index (κ3) is 4.35. The minimum atomic E-state index is -1.88. The molecule has 1 aromatic carbocycles. The molecule has 2 aromatic heterocycles. The van der Waals surface area contributed by atoms with Crippen LogP contribution in [-0.4, -0.2) is 26.8 Å². The van der Waals surface area contributed by atoms with Crippen molar-refractivity contribution in [3.63, 3.8) is 0 Å². The van der Waals surface area contributed by atoms with Crippen molar-refractivity contribution in [1.82, 2.24) is 14.3 Å². The Bertz CT molecular complexity index is 1240. The van der Waals surface area contributed by atoms with Crippen molar-refractivity contribution < 1.29 is 13.6 Å². The Kier molecular flexibility index (Phi) is 5.84. The molecule has 0 aliphatic carbocycles. The minimum Gasteiger partial charge on any atom is -0.327 e. The van der Waals surface area contributed by atoms with Crippen LogP contribution in [0.25, 0.3) is 10.4 Å². The SMILES string of the molecule is Cc1cc(-c2ccc(Cn3cnn(CC(CN)=C(F)F)c3=O)s2)cc2c1NC(=O)CC2. The molecule has 4 rings (SSSR count). The molecule has 0 bridgehead atoms. The van der Waals surface area contributed by atoms with Crippen molar-refractivity contribution >= 4 is 22.9 Å². The Hall–Kier alpha value is -3.11. The number of thiophene rings is 1. The van der Waals surface area contributed by atoms with Crippen LogP contribution >= 0.6 is 11.3 Å². The highest BCUT2D eigenvalue weighted by atomic mass is 32.1. The van der Waals surface area contributed by atoms with Gasteiger partial charge in [-0.05, 0) is 54.3 Å². The molecule has 3 N–H and O–H groups in total. The quantitative estimate of drug-likeness (QED) is 0.610. The van der Waals surface area contributed by atoms with Crippen molar-refractivity contribution in [3.05, 3.63) is 68.7 Å². The molecular weight excluding hydrogens is 424 g/mol. The predicted octanol–water partition coefficient (Wildman–Crippen LogP) is 3.12. The molecule has 3 heterocycles. The summed E-state index contributed by atoms with van der Waals surface area (Å²) in [5, 5.41) is 6.86. The number of carbonyl (C=O) groups excluding carboxylic acids is 1. The number of nitrogens with one attached hydrogen (secondary N) is 1. The first kappa shape index (κ1) is 21.1. The molecule has 0 radical (unpaired) electrons. The number of halogens is 2. The Morgan fingerprint density at radius 1 is 1.26 bits per heavy atom. The second kappa shape index (κ2) is 8.56. The van der Waals surface area contributed by atoms with Crippen LogP contribution in [0.3, 0.4) is 0 Å². The molecule has 31 heavy (non-hydrogen) atoms. The van der Waals surface area contributed by atoms with Crippen molar-refractivity contribution in [2.45, 2.75) is 32.9 Å². The average molecular weight is 445 g/mol. The lowest BCUT2D eigenvalue weighted by molar-refractivity contribution is -0.116. The van der Waals surface area contributed by atoms with Gasteiger partial charge in [-0.2, -0.15) is 13.9 Å². The maximum Gasteiger partial charge on any atom is 0.346 e. The highest BCUT2D eigenvalue weighted by Gasteiger charge is 2.18. The first-order valence-corrected chi connectivity index (χ1v) is 10.5. The van der Waals surface area contributed by atoms with E-state index >= 15 is 0 Å². The summed E-state index contributed by atoms with van der Waals surface area (Å²) in [6, 6.07) is 8.06. The number of benzene rings is 1. The van der Waals surface area contributed by atoms with E-state index in [1.807, 2.05) is 25.1 Å². The number of nitrogens with zero attached hydrogens (tertiary/aromatic N) is 3. The Morgan fingerprint density at radius 2 is 2.06 bits per heavy atom. The van der Waals surface area contributed by atoms with Gasteiger partial charge in [-0.3, -0.25) is 9.36 Å². The topological polar surface area (TPSA) is 94.9 Å². The molecule has 1 aliphatic heterocycles. The zero-order valence-corrected chi connectivity index (χ0v) is 17.6. The maximum absolute atomic E-state index is 12.8. The first-order chi connectivity index (χ1) is 14.9. The van der Waals surface area contributed by atoms with Crippen LogP contribution < -0.4 is 16.7 Å². The van der Waals surface area contributed by atoms with Gasteiger partial charge in [0, 0.05) is 34.0 Å². The molecule has 1 amide bonds. The third-order valence-electron chi connectivity index (χ3n) is 5.23. The number of nitrogens with two attached hydrogens (primary N) is 1. The molecule has 162 valence electrons. The molecule has 0 spiro atoms. The largest absolute Gasteiger partial charge is 0.346 e. The number of aryl methyl sites for hydroxylation is 2. The Labute approximate surface area is 180 Å². The standard InChI is InChI=1S/C21H21F2N5O2S/c1-12-6-14(7-13-2-5-18(29)26-19(12)13)17-4-3-16(31-17)10-27-11-25-28(21(27)30)9-15(8-24)20(22)23/h3-4,6-7,11H,2,5,8-10,24H2,1H3,(H,26,29). The number of hydrogen-bond acceptors (Lipinski definition) is 5. The summed E-state index contributed by atoms with van der Waals surface area (Å²) in [4.78, 5) is 26.1. The van der Waals surface area contributed by atoms with Crippen LogP contribution in [0.2, 0.25) is 0 Å². The summed E-state index contributed by atoms with van der Waals surface area (Å²) >= 11 is 1.55. The van der Waals surface area contributed by atoms with Gasteiger partial charge in [-0.15, -0.1) is 11.3 Å². The number of amides is 1. The first-order valence-electron chi connectivity index (χ1n) is 9.73. The van der Waals surface area contributed by atoms with Crippen LogP contribution in [0.4, 0.5) is 14.5 Å². The summed E-state index contributed by atoms with van der Waals surface area (Å²) < 4.78 is 28.0. The highest BCUT2D eigenvalue weighted by molar-refractivity contribution is 7.15. The van der Waals surface area contributed by atoms with E-state index in [0.717, 1.165) is 36.8 Å². The van der Waals surface area contributed by atoms with Gasteiger partial charge in [0.25, 0.3) is 6.08 Å². The summed E-state index contributed by atoms with van der Waals surface area (Å²) in [6.07, 6.45) is 0.650. The lowest BCUT2D eigenvalue weighted by atomic mass is 9.96. The van der Waals surface area contributed by atoms with Gasteiger partial charge in [-0.1, -0.05) is 0 Å². The zero-order chi connectivity index (χ0) is 22.1. The molecule has 0 fully saturated rings. The lowest BCUT2D eigenvalue weighted by Crippen LogP contribution is -2.27. The monoisotopic (exact) mass is 445 g/mol. The fourth-order valence-corrected chi connectivity index (χ4v) is 4.58. The molecule has 0 saturated carbocycles. The average Bonchev–Trinajstić information content (AvgIpc) is 3.34. The number of rotatable bonds is 6. The van der Waals surface area contributed by atoms with Crippen LogP contribution in [0.15, 0.2) is 47.0 Å². The van der Waals surface area contributed by atoms with Gasteiger partial charge in [0.1, 0.15) is 6.33 Å². The number of hydrogen-bond donors (Lipinski definition) is 2. The van der Waals surface area contributed by atoms with Crippen molar-refractivity contribution in [2.75, 3.05) is 11.9 Å². The van der Waals surface area contributed by atoms with E-state index in [4.69, 9.17) is 5.73 Å². The highest BCUT2D eigenvalue weighted by Crippen LogP contribution is 2.35. The molecule has 3 aromatic rings. The lowest BCUT2D eigenvalue weighted by Gasteiger charge is -2.20. The molecule has 10 heteroatoms. The van der Waals surface area contributed by atoms with E-state index in [1.165, 1.54) is 10.9 Å².